The molecule has 1 aliphatic rings. The Kier molecular flexibility index (Phi) is 5.10. The van der Waals surface area contributed by atoms with Crippen molar-refractivity contribution < 1.29 is 9.53 Å². The predicted octanol–water partition coefficient (Wildman–Crippen LogP) is 3.59. The van der Waals surface area contributed by atoms with Gasteiger partial charge < -0.3 is 10.1 Å². The Morgan fingerprint density at radius 2 is 1.88 bits per heavy atom. The Balaban J connectivity index is 2.35. The van der Waals surface area contributed by atoms with Crippen LogP contribution >= 0.6 is 31.9 Å². The van der Waals surface area contributed by atoms with Gasteiger partial charge in [-0.25, -0.2) is 4.79 Å². The van der Waals surface area contributed by atoms with Crippen LogP contribution in [0.4, 0.5) is 4.79 Å². The second-order valence-electron chi connectivity index (χ2n) is 5.19. The van der Waals surface area contributed by atoms with Crippen molar-refractivity contribution in [3.8, 4) is 0 Å². The molecule has 3 nitrogen and oxygen atoms in total. The number of carbonyl (C=O) groups excluding carboxylic acids is 1. The van der Waals surface area contributed by atoms with Crippen molar-refractivity contribution in [1.29, 1.82) is 0 Å². The third kappa shape index (κ3) is 5.04. The topological polar surface area (TPSA) is 38.3 Å². The van der Waals surface area contributed by atoms with E-state index in [4.69, 9.17) is 4.74 Å². The number of carbonyl (C=O) groups is 1. The molecule has 0 saturated heterocycles. The summed E-state index contributed by atoms with van der Waals surface area (Å²) in [6.07, 6.45) is 2.69. The lowest BCUT2D eigenvalue weighted by atomic mass is 9.95. The zero-order valence-corrected chi connectivity index (χ0v) is 13.1. The van der Waals surface area contributed by atoms with E-state index in [-0.39, 0.29) is 12.1 Å². The second-order valence-corrected chi connectivity index (χ2v) is 7.54. The summed E-state index contributed by atoms with van der Waals surface area (Å²) in [4.78, 5) is 12.5. The number of rotatable bonds is 1. The van der Waals surface area contributed by atoms with Gasteiger partial charge in [-0.1, -0.05) is 31.9 Å². The van der Waals surface area contributed by atoms with E-state index in [9.17, 15) is 4.79 Å². The minimum atomic E-state index is -0.426. The first kappa shape index (κ1) is 14.3. The first-order valence-corrected chi connectivity index (χ1v) is 7.39. The van der Waals surface area contributed by atoms with Crippen molar-refractivity contribution in [2.45, 2.75) is 61.3 Å². The molecule has 0 unspecified atom stereocenters. The van der Waals surface area contributed by atoms with E-state index in [1.165, 1.54) is 0 Å². The summed E-state index contributed by atoms with van der Waals surface area (Å²) in [5.74, 6) is 0. The molecule has 0 aromatic rings. The minimum absolute atomic E-state index is 0.216. The summed E-state index contributed by atoms with van der Waals surface area (Å²) >= 11 is 7.21. The molecule has 1 N–H and O–H groups in total. The highest BCUT2D eigenvalue weighted by molar-refractivity contribution is 9.12. The van der Waals surface area contributed by atoms with Crippen LogP contribution in [0.5, 0.6) is 0 Å². The van der Waals surface area contributed by atoms with Gasteiger partial charge in [-0.05, 0) is 40.0 Å². The van der Waals surface area contributed by atoms with Crippen LogP contribution in [0, 0.1) is 0 Å². The first-order valence-electron chi connectivity index (χ1n) is 5.55. The molecule has 1 rings (SSSR count). The maximum absolute atomic E-state index is 11.6. The third-order valence-corrected chi connectivity index (χ3v) is 5.23. The Bertz CT molecular complexity index is 253. The monoisotopic (exact) mass is 355 g/mol. The summed E-state index contributed by atoms with van der Waals surface area (Å²) in [7, 11) is 0. The number of alkyl halides is 2. The summed E-state index contributed by atoms with van der Waals surface area (Å²) in [6.45, 7) is 5.61. The standard InChI is InChI=1S/C11H19Br2NO2/c1-11(2,3)16-10(15)14-7-4-5-8(12)9(13)6-7/h7-9H,4-6H2,1-3H3,(H,14,15)/t7-,8+,9+/m1/s1. The lowest BCUT2D eigenvalue weighted by Crippen LogP contribution is -2.43. The predicted molar refractivity (Wildman–Crippen MR) is 72.4 cm³/mol. The van der Waals surface area contributed by atoms with Gasteiger partial charge in [-0.2, -0.15) is 0 Å². The molecule has 1 amide bonds. The van der Waals surface area contributed by atoms with Crippen LogP contribution in [0.3, 0.4) is 0 Å². The maximum atomic E-state index is 11.6. The van der Waals surface area contributed by atoms with Crippen molar-refractivity contribution in [2.75, 3.05) is 0 Å². The molecule has 0 spiro atoms. The van der Waals surface area contributed by atoms with Gasteiger partial charge in [0.25, 0.3) is 0 Å². The van der Waals surface area contributed by atoms with E-state index in [0.29, 0.717) is 9.65 Å². The van der Waals surface area contributed by atoms with Crippen LogP contribution in [0.15, 0.2) is 0 Å². The van der Waals surface area contributed by atoms with Gasteiger partial charge in [0.1, 0.15) is 5.60 Å². The fraction of sp³-hybridized carbons (Fsp3) is 0.909. The average molecular weight is 357 g/mol. The van der Waals surface area contributed by atoms with Gasteiger partial charge >= 0.3 is 6.09 Å². The fourth-order valence-corrected chi connectivity index (χ4v) is 2.88. The number of hydrogen-bond acceptors (Lipinski definition) is 2. The van der Waals surface area contributed by atoms with Gasteiger partial charge in [0, 0.05) is 15.7 Å². The number of ether oxygens (including phenoxy) is 1. The zero-order chi connectivity index (χ0) is 12.3. The quantitative estimate of drug-likeness (QED) is 0.729. The normalized spacial score (nSPS) is 30.9. The molecule has 3 atom stereocenters. The van der Waals surface area contributed by atoms with E-state index in [2.05, 4.69) is 37.2 Å². The van der Waals surface area contributed by atoms with Gasteiger partial charge in [0.15, 0.2) is 0 Å². The second kappa shape index (κ2) is 5.71. The summed E-state index contributed by atoms with van der Waals surface area (Å²) in [5, 5.41) is 2.91. The first-order chi connectivity index (χ1) is 7.28. The highest BCUT2D eigenvalue weighted by Crippen LogP contribution is 2.30. The summed E-state index contributed by atoms with van der Waals surface area (Å²) < 4.78 is 5.23. The molecule has 94 valence electrons. The fourth-order valence-electron chi connectivity index (χ4n) is 1.68. The van der Waals surface area contributed by atoms with Crippen molar-refractivity contribution in [2.24, 2.45) is 0 Å². The van der Waals surface area contributed by atoms with Crippen molar-refractivity contribution >= 4 is 38.0 Å². The van der Waals surface area contributed by atoms with Crippen LogP contribution in [-0.2, 0) is 4.74 Å². The largest absolute Gasteiger partial charge is 0.444 e. The van der Waals surface area contributed by atoms with Gasteiger partial charge in [-0.3, -0.25) is 0 Å². The molecule has 0 bridgehead atoms. The lowest BCUT2D eigenvalue weighted by Gasteiger charge is -2.31. The maximum Gasteiger partial charge on any atom is 0.407 e. The van der Waals surface area contributed by atoms with Gasteiger partial charge in [0.2, 0.25) is 0 Å². The molecule has 1 saturated carbocycles. The SMILES string of the molecule is CC(C)(C)OC(=O)N[C@@H]1CC[C@H](Br)[C@@H](Br)C1. The van der Waals surface area contributed by atoms with Crippen LogP contribution in [0.2, 0.25) is 0 Å². The number of halogens is 2. The summed E-state index contributed by atoms with van der Waals surface area (Å²) in [5.41, 5.74) is -0.426. The molecule has 5 heteroatoms. The number of amides is 1. The van der Waals surface area contributed by atoms with Crippen molar-refractivity contribution in [1.82, 2.24) is 5.32 Å². The van der Waals surface area contributed by atoms with Crippen molar-refractivity contribution in [3.63, 3.8) is 0 Å². The van der Waals surface area contributed by atoms with Gasteiger partial charge in [-0.15, -0.1) is 0 Å². The number of alkyl carbamates (subject to hydrolysis) is 1. The summed E-state index contributed by atoms with van der Waals surface area (Å²) in [6, 6.07) is 0.216. The molecule has 0 aromatic heterocycles. The van der Waals surface area contributed by atoms with Crippen LogP contribution in [-0.4, -0.2) is 27.4 Å². The Morgan fingerprint density at radius 1 is 1.25 bits per heavy atom. The highest BCUT2D eigenvalue weighted by atomic mass is 79.9. The van der Waals surface area contributed by atoms with E-state index in [1.54, 1.807) is 0 Å². The third-order valence-electron chi connectivity index (χ3n) is 2.41. The molecule has 0 radical (unpaired) electrons. The van der Waals surface area contributed by atoms with Gasteiger partial charge in [0.05, 0.1) is 0 Å². The van der Waals surface area contributed by atoms with Crippen molar-refractivity contribution in [3.05, 3.63) is 0 Å². The number of hydrogen-bond donors (Lipinski definition) is 1. The smallest absolute Gasteiger partial charge is 0.407 e. The van der Waals surface area contributed by atoms with E-state index in [1.807, 2.05) is 20.8 Å². The van der Waals surface area contributed by atoms with Crippen LogP contribution in [0.1, 0.15) is 40.0 Å². The van der Waals surface area contributed by atoms with E-state index < -0.39 is 5.60 Å². The molecule has 1 fully saturated rings. The molecular weight excluding hydrogens is 338 g/mol. The molecule has 0 aliphatic heterocycles. The Morgan fingerprint density at radius 3 is 2.38 bits per heavy atom. The molecule has 0 aromatic carbocycles. The Hall–Kier alpha value is 0.230. The molecule has 0 heterocycles. The minimum Gasteiger partial charge on any atom is -0.444 e. The molecular formula is C11H19Br2NO2. The van der Waals surface area contributed by atoms with Crippen LogP contribution in [0.25, 0.3) is 0 Å². The highest BCUT2D eigenvalue weighted by Gasteiger charge is 2.28. The van der Waals surface area contributed by atoms with E-state index in [0.717, 1.165) is 19.3 Å². The molecule has 16 heavy (non-hydrogen) atoms. The van der Waals surface area contributed by atoms with E-state index >= 15 is 0 Å². The Labute approximate surface area is 114 Å². The lowest BCUT2D eigenvalue weighted by molar-refractivity contribution is 0.0495. The molecule has 1 aliphatic carbocycles. The zero-order valence-electron chi connectivity index (χ0n) is 9.93. The average Bonchev–Trinajstić information content (AvgIpc) is 2.08. The number of nitrogens with one attached hydrogen (secondary N) is 1. The van der Waals surface area contributed by atoms with Crippen LogP contribution < -0.4 is 5.32 Å².